The minimum atomic E-state index is 0.464. The van der Waals surface area contributed by atoms with Crippen LogP contribution in [0.2, 0.25) is 0 Å². The van der Waals surface area contributed by atoms with E-state index in [0.29, 0.717) is 6.10 Å². The van der Waals surface area contributed by atoms with Crippen LogP contribution in [0.15, 0.2) is 0 Å². The van der Waals surface area contributed by atoms with E-state index < -0.39 is 0 Å². The molecule has 19 heavy (non-hydrogen) atoms. The minimum absolute atomic E-state index is 0.464. The third kappa shape index (κ3) is 14.1. The summed E-state index contributed by atoms with van der Waals surface area (Å²) in [7, 11) is 1.74. The Morgan fingerprint density at radius 2 is 1.26 bits per heavy atom. The van der Waals surface area contributed by atoms with Gasteiger partial charge in [-0.05, 0) is 12.8 Å². The predicted molar refractivity (Wildman–Crippen MR) is 83.8 cm³/mol. The van der Waals surface area contributed by atoms with Gasteiger partial charge in [0, 0.05) is 7.11 Å². The van der Waals surface area contributed by atoms with Crippen LogP contribution in [0.3, 0.4) is 0 Å². The Labute approximate surface area is 121 Å². The second kappa shape index (κ2) is 16.0. The summed E-state index contributed by atoms with van der Waals surface area (Å²) in [5.41, 5.74) is 0. The van der Waals surface area contributed by atoms with Crippen molar-refractivity contribution in [3.8, 4) is 0 Å². The summed E-state index contributed by atoms with van der Waals surface area (Å²) in [6.45, 7) is 6.00. The molecule has 0 aromatic heterocycles. The van der Waals surface area contributed by atoms with Crippen LogP contribution in [-0.2, 0) is 9.47 Å². The number of ether oxygens (including phenoxy) is 2. The molecule has 0 radical (unpaired) electrons. The van der Waals surface area contributed by atoms with E-state index in [1.807, 2.05) is 0 Å². The number of unbranched alkanes of at least 4 members (excludes halogenated alkanes) is 7. The van der Waals surface area contributed by atoms with Crippen molar-refractivity contribution in [1.29, 1.82) is 0 Å². The first-order valence-electron chi connectivity index (χ1n) is 8.45. The first-order valence-corrected chi connectivity index (χ1v) is 8.45. The average molecular weight is 272 g/mol. The Morgan fingerprint density at radius 3 is 1.89 bits per heavy atom. The van der Waals surface area contributed by atoms with Crippen LogP contribution in [-0.4, -0.2) is 26.4 Å². The van der Waals surface area contributed by atoms with Crippen molar-refractivity contribution in [2.24, 2.45) is 0 Å². The molecule has 0 rings (SSSR count). The normalized spacial score (nSPS) is 12.8. The fourth-order valence-corrected chi connectivity index (χ4v) is 2.37. The maximum absolute atomic E-state index is 5.90. The van der Waals surface area contributed by atoms with Crippen molar-refractivity contribution in [3.05, 3.63) is 0 Å². The molecule has 116 valence electrons. The van der Waals surface area contributed by atoms with Crippen LogP contribution in [0.1, 0.15) is 84.5 Å². The van der Waals surface area contributed by atoms with Gasteiger partial charge in [0.25, 0.3) is 0 Å². The lowest BCUT2D eigenvalue weighted by molar-refractivity contribution is 0.00703. The number of rotatable bonds is 15. The highest BCUT2D eigenvalue weighted by Gasteiger charge is 2.08. The minimum Gasteiger partial charge on any atom is -0.382 e. The molecule has 0 aromatic carbocycles. The van der Waals surface area contributed by atoms with Gasteiger partial charge >= 0.3 is 0 Å². The lowest BCUT2D eigenvalue weighted by Crippen LogP contribution is -2.16. The van der Waals surface area contributed by atoms with E-state index in [-0.39, 0.29) is 0 Å². The summed E-state index contributed by atoms with van der Waals surface area (Å²) in [5.74, 6) is 0. The summed E-state index contributed by atoms with van der Waals surface area (Å²) < 4.78 is 11.0. The van der Waals surface area contributed by atoms with E-state index in [4.69, 9.17) is 9.47 Å². The summed E-state index contributed by atoms with van der Waals surface area (Å²) in [5, 5.41) is 0. The van der Waals surface area contributed by atoms with E-state index in [1.165, 1.54) is 70.6 Å². The van der Waals surface area contributed by atoms with Gasteiger partial charge in [-0.1, -0.05) is 71.6 Å². The van der Waals surface area contributed by atoms with Crippen molar-refractivity contribution in [3.63, 3.8) is 0 Å². The predicted octanol–water partition coefficient (Wildman–Crippen LogP) is 5.35. The van der Waals surface area contributed by atoms with Crippen LogP contribution in [0.25, 0.3) is 0 Å². The van der Waals surface area contributed by atoms with Gasteiger partial charge in [-0.3, -0.25) is 0 Å². The Kier molecular flexibility index (Phi) is 15.9. The standard InChI is InChI=1S/C17H36O2/c1-4-6-8-9-10-11-12-14-17(13-7-5-2)19-16-15-18-3/h17H,4-16H2,1-3H3. The maximum atomic E-state index is 5.90. The highest BCUT2D eigenvalue weighted by molar-refractivity contribution is 4.59. The quantitative estimate of drug-likeness (QED) is 0.374. The Bertz CT molecular complexity index is 159. The van der Waals surface area contributed by atoms with Gasteiger partial charge in [-0.25, -0.2) is 0 Å². The van der Waals surface area contributed by atoms with E-state index in [0.717, 1.165) is 13.2 Å². The summed E-state index contributed by atoms with van der Waals surface area (Å²) in [6.07, 6.45) is 15.1. The van der Waals surface area contributed by atoms with E-state index in [2.05, 4.69) is 13.8 Å². The van der Waals surface area contributed by atoms with Gasteiger partial charge in [0.05, 0.1) is 19.3 Å². The largest absolute Gasteiger partial charge is 0.382 e. The zero-order valence-corrected chi connectivity index (χ0v) is 13.6. The SMILES string of the molecule is CCCCCCCCCC(CCCC)OCCOC. The molecule has 0 spiro atoms. The highest BCUT2D eigenvalue weighted by atomic mass is 16.5. The second-order valence-corrected chi connectivity index (χ2v) is 5.54. The van der Waals surface area contributed by atoms with Crippen LogP contribution in [0.5, 0.6) is 0 Å². The summed E-state index contributed by atoms with van der Waals surface area (Å²) in [4.78, 5) is 0. The molecule has 1 atom stereocenters. The van der Waals surface area contributed by atoms with Gasteiger partial charge in [0.2, 0.25) is 0 Å². The average Bonchev–Trinajstić information content (AvgIpc) is 2.43. The molecule has 0 N–H and O–H groups in total. The smallest absolute Gasteiger partial charge is 0.0704 e. The monoisotopic (exact) mass is 272 g/mol. The zero-order valence-electron chi connectivity index (χ0n) is 13.6. The first-order chi connectivity index (χ1) is 9.35. The lowest BCUT2D eigenvalue weighted by atomic mass is 10.0. The molecule has 2 nitrogen and oxygen atoms in total. The first kappa shape index (κ1) is 18.9. The molecule has 0 amide bonds. The van der Waals surface area contributed by atoms with E-state index >= 15 is 0 Å². The van der Waals surface area contributed by atoms with Gasteiger partial charge in [-0.15, -0.1) is 0 Å². The zero-order chi connectivity index (χ0) is 14.2. The number of hydrogen-bond acceptors (Lipinski definition) is 2. The van der Waals surface area contributed by atoms with Crippen molar-refractivity contribution in [1.82, 2.24) is 0 Å². The summed E-state index contributed by atoms with van der Waals surface area (Å²) in [6, 6.07) is 0. The van der Waals surface area contributed by atoms with Gasteiger partial charge in [0.1, 0.15) is 0 Å². The van der Waals surface area contributed by atoms with Gasteiger partial charge < -0.3 is 9.47 Å². The number of hydrogen-bond donors (Lipinski definition) is 0. The molecule has 1 unspecified atom stereocenters. The molecular formula is C17H36O2. The van der Waals surface area contributed by atoms with Crippen LogP contribution in [0.4, 0.5) is 0 Å². The van der Waals surface area contributed by atoms with Gasteiger partial charge in [0.15, 0.2) is 0 Å². The second-order valence-electron chi connectivity index (χ2n) is 5.54. The van der Waals surface area contributed by atoms with E-state index in [9.17, 15) is 0 Å². The topological polar surface area (TPSA) is 18.5 Å². The molecule has 0 saturated carbocycles. The Hall–Kier alpha value is -0.0800. The molecule has 0 heterocycles. The molecule has 0 fully saturated rings. The Morgan fingerprint density at radius 1 is 0.684 bits per heavy atom. The highest BCUT2D eigenvalue weighted by Crippen LogP contribution is 2.15. The molecule has 0 aliphatic rings. The molecule has 2 heteroatoms. The molecular weight excluding hydrogens is 236 g/mol. The van der Waals surface area contributed by atoms with Crippen LogP contribution < -0.4 is 0 Å². The van der Waals surface area contributed by atoms with Crippen LogP contribution in [0, 0.1) is 0 Å². The van der Waals surface area contributed by atoms with E-state index in [1.54, 1.807) is 7.11 Å². The fourth-order valence-electron chi connectivity index (χ4n) is 2.37. The van der Waals surface area contributed by atoms with Crippen molar-refractivity contribution >= 4 is 0 Å². The molecule has 0 aliphatic heterocycles. The summed E-state index contributed by atoms with van der Waals surface area (Å²) >= 11 is 0. The van der Waals surface area contributed by atoms with Crippen LogP contribution >= 0.6 is 0 Å². The van der Waals surface area contributed by atoms with Gasteiger partial charge in [-0.2, -0.15) is 0 Å². The molecule has 0 aromatic rings. The number of methoxy groups -OCH3 is 1. The molecule has 0 bridgehead atoms. The third-order valence-electron chi connectivity index (χ3n) is 3.65. The van der Waals surface area contributed by atoms with Crippen molar-refractivity contribution < 1.29 is 9.47 Å². The van der Waals surface area contributed by atoms with Crippen molar-refractivity contribution in [2.75, 3.05) is 20.3 Å². The molecule has 0 saturated heterocycles. The Balaban J connectivity index is 3.49. The third-order valence-corrected chi connectivity index (χ3v) is 3.65. The maximum Gasteiger partial charge on any atom is 0.0704 e. The lowest BCUT2D eigenvalue weighted by Gasteiger charge is -2.17. The van der Waals surface area contributed by atoms with Crippen molar-refractivity contribution in [2.45, 2.75) is 90.6 Å². The fraction of sp³-hybridized carbons (Fsp3) is 1.00. The molecule has 0 aliphatic carbocycles.